The van der Waals surface area contributed by atoms with E-state index in [0.29, 0.717) is 10.5 Å². The van der Waals surface area contributed by atoms with Gasteiger partial charge in [-0.05, 0) is 35.4 Å². The molecule has 2 atom stereocenters. The third kappa shape index (κ3) is 12.0. The van der Waals surface area contributed by atoms with E-state index in [1.54, 1.807) is 0 Å². The van der Waals surface area contributed by atoms with Crippen molar-refractivity contribution in [2.75, 3.05) is 23.0 Å². The zero-order valence-electron chi connectivity index (χ0n) is 21.4. The van der Waals surface area contributed by atoms with E-state index < -0.39 is 0 Å². The molecule has 0 N–H and O–H groups in total. The Morgan fingerprint density at radius 2 is 0.737 bits per heavy atom. The fourth-order valence-electron chi connectivity index (χ4n) is 3.53. The van der Waals surface area contributed by atoms with Gasteiger partial charge in [0.25, 0.3) is 0 Å². The van der Waals surface area contributed by atoms with Gasteiger partial charge in [-0.15, -0.1) is 23.5 Å². The molecule has 0 aliphatic heterocycles. The van der Waals surface area contributed by atoms with Gasteiger partial charge in [0, 0.05) is 54.8 Å². The average Bonchev–Trinajstić information content (AvgIpc) is 2.99. The van der Waals surface area contributed by atoms with E-state index in [1.807, 2.05) is 23.5 Å². The maximum Gasteiger partial charge on any atom is 0.0243 e. The molecule has 2 unspecified atom stereocenters. The van der Waals surface area contributed by atoms with Crippen molar-refractivity contribution in [1.29, 1.82) is 0 Å². The first-order valence-corrected chi connectivity index (χ1v) is 19.3. The number of benzene rings is 4. The highest BCUT2D eigenvalue weighted by Crippen LogP contribution is 2.35. The molecule has 0 bridgehead atoms. The zero-order chi connectivity index (χ0) is 26.1. The summed E-state index contributed by atoms with van der Waals surface area (Å²) in [5.74, 6) is 6.79. The standard InChI is InChI=1S/C32H34S6/c1-5-13-27(14-6-1)21-33-31(23-35-29-17-9-3-10-18-29)25-37-38-26-32(24-36-30-19-11-4-12-20-30)34-22-28-15-7-2-8-16-28/h1-20,31-32H,21-26H2. The molecule has 0 saturated heterocycles. The largest absolute Gasteiger partial charge is 0.152 e. The van der Waals surface area contributed by atoms with Gasteiger partial charge in [0.15, 0.2) is 0 Å². The first kappa shape index (κ1) is 30.0. The van der Waals surface area contributed by atoms with Gasteiger partial charge in [-0.25, -0.2) is 0 Å². The molecule has 6 heteroatoms. The Morgan fingerprint density at radius 1 is 0.395 bits per heavy atom. The van der Waals surface area contributed by atoms with Crippen LogP contribution in [0, 0.1) is 0 Å². The van der Waals surface area contributed by atoms with Gasteiger partial charge in [0.05, 0.1) is 0 Å². The van der Waals surface area contributed by atoms with Crippen molar-refractivity contribution >= 4 is 68.6 Å². The van der Waals surface area contributed by atoms with Crippen molar-refractivity contribution in [2.45, 2.75) is 31.8 Å². The SMILES string of the molecule is c1ccc(CSC(CSSCC(CSc2ccccc2)SCc2ccccc2)CSc2ccccc2)cc1. The third-order valence-corrected chi connectivity index (χ3v) is 14.0. The lowest BCUT2D eigenvalue weighted by Gasteiger charge is -2.18. The second-order valence-electron chi connectivity index (χ2n) is 8.65. The van der Waals surface area contributed by atoms with Crippen LogP contribution in [0.5, 0.6) is 0 Å². The monoisotopic (exact) mass is 610 g/mol. The number of rotatable bonds is 17. The fraction of sp³-hybridized carbons (Fsp3) is 0.250. The van der Waals surface area contributed by atoms with Crippen LogP contribution in [0.3, 0.4) is 0 Å². The molecule has 0 nitrogen and oxygen atoms in total. The molecule has 0 radical (unpaired) electrons. The first-order valence-electron chi connectivity index (χ1n) is 12.8. The summed E-state index contributed by atoms with van der Waals surface area (Å²) < 4.78 is 0. The van der Waals surface area contributed by atoms with Crippen molar-refractivity contribution in [1.82, 2.24) is 0 Å². The molecule has 4 aromatic rings. The fourth-order valence-corrected chi connectivity index (χ4v) is 11.9. The smallest absolute Gasteiger partial charge is 0.0243 e. The Bertz CT molecular complexity index is 946. The van der Waals surface area contributed by atoms with Crippen LogP contribution in [-0.4, -0.2) is 33.5 Å². The number of thioether (sulfide) groups is 4. The molecule has 0 fully saturated rings. The highest BCUT2D eigenvalue weighted by molar-refractivity contribution is 8.76. The quantitative estimate of drug-likeness (QED) is 0.0658. The molecular formula is C32H34S6. The summed E-state index contributed by atoms with van der Waals surface area (Å²) in [5, 5.41) is 1.24. The molecule has 0 heterocycles. The number of hydrogen-bond acceptors (Lipinski definition) is 6. The summed E-state index contributed by atoms with van der Waals surface area (Å²) in [5.41, 5.74) is 2.83. The predicted octanol–water partition coefficient (Wildman–Crippen LogP) is 10.6. The van der Waals surface area contributed by atoms with Gasteiger partial charge >= 0.3 is 0 Å². The molecule has 0 saturated carbocycles. The Labute approximate surface area is 254 Å². The van der Waals surface area contributed by atoms with Crippen LogP contribution in [0.1, 0.15) is 11.1 Å². The molecule has 0 spiro atoms. The second-order valence-corrected chi connectivity index (χ2v) is 16.0. The lowest BCUT2D eigenvalue weighted by Crippen LogP contribution is -2.12. The minimum atomic E-state index is 0.618. The van der Waals surface area contributed by atoms with E-state index in [9.17, 15) is 0 Å². The molecule has 0 aliphatic carbocycles. The predicted molar refractivity (Wildman–Crippen MR) is 182 cm³/mol. The van der Waals surface area contributed by atoms with E-state index in [2.05, 4.69) is 166 Å². The normalized spacial score (nSPS) is 12.7. The average molecular weight is 611 g/mol. The van der Waals surface area contributed by atoms with Gasteiger partial charge in [-0.2, -0.15) is 23.5 Å². The van der Waals surface area contributed by atoms with Crippen molar-refractivity contribution in [3.8, 4) is 0 Å². The maximum atomic E-state index is 2.25. The molecule has 0 aromatic heterocycles. The van der Waals surface area contributed by atoms with Crippen LogP contribution in [0.4, 0.5) is 0 Å². The summed E-state index contributed by atoms with van der Waals surface area (Å²) in [7, 11) is 4.13. The van der Waals surface area contributed by atoms with Crippen molar-refractivity contribution in [2.24, 2.45) is 0 Å². The highest BCUT2D eigenvalue weighted by Gasteiger charge is 2.15. The van der Waals surface area contributed by atoms with Crippen LogP contribution in [0.2, 0.25) is 0 Å². The Morgan fingerprint density at radius 3 is 1.11 bits per heavy atom. The molecule has 4 aromatic carbocycles. The Hall–Kier alpha value is -1.02. The van der Waals surface area contributed by atoms with Crippen molar-refractivity contribution < 1.29 is 0 Å². The Balaban J connectivity index is 1.27. The van der Waals surface area contributed by atoms with E-state index in [1.165, 1.54) is 32.4 Å². The molecule has 0 amide bonds. The summed E-state index contributed by atoms with van der Waals surface area (Å²) in [6.07, 6.45) is 0. The van der Waals surface area contributed by atoms with Gasteiger partial charge in [0.1, 0.15) is 0 Å². The van der Waals surface area contributed by atoms with Crippen LogP contribution < -0.4 is 0 Å². The first-order chi connectivity index (χ1) is 18.8. The van der Waals surface area contributed by atoms with E-state index >= 15 is 0 Å². The Kier molecular flexibility index (Phi) is 14.5. The van der Waals surface area contributed by atoms with Crippen LogP contribution in [-0.2, 0) is 11.5 Å². The molecule has 0 aliphatic rings. The van der Waals surface area contributed by atoms with Crippen LogP contribution in [0.15, 0.2) is 131 Å². The number of hydrogen-bond donors (Lipinski definition) is 0. The topological polar surface area (TPSA) is 0 Å². The minimum absolute atomic E-state index is 0.618. The second kappa shape index (κ2) is 18.4. The molecular weight excluding hydrogens is 577 g/mol. The summed E-state index contributed by atoms with van der Waals surface area (Å²) in [6, 6.07) is 43.4. The van der Waals surface area contributed by atoms with E-state index in [0.717, 1.165) is 23.0 Å². The van der Waals surface area contributed by atoms with E-state index in [-0.39, 0.29) is 0 Å². The molecule has 38 heavy (non-hydrogen) atoms. The lowest BCUT2D eigenvalue weighted by atomic mass is 10.2. The van der Waals surface area contributed by atoms with E-state index in [4.69, 9.17) is 0 Å². The molecule has 4 rings (SSSR count). The summed E-state index contributed by atoms with van der Waals surface area (Å²) >= 11 is 8.18. The summed E-state index contributed by atoms with van der Waals surface area (Å²) in [4.78, 5) is 2.73. The summed E-state index contributed by atoms with van der Waals surface area (Å²) in [6.45, 7) is 0. The highest BCUT2D eigenvalue weighted by atomic mass is 33.1. The van der Waals surface area contributed by atoms with Crippen molar-refractivity contribution in [3.05, 3.63) is 132 Å². The zero-order valence-corrected chi connectivity index (χ0v) is 26.3. The van der Waals surface area contributed by atoms with Crippen LogP contribution in [0.25, 0.3) is 0 Å². The van der Waals surface area contributed by atoms with Gasteiger partial charge < -0.3 is 0 Å². The van der Waals surface area contributed by atoms with Gasteiger partial charge in [-0.3, -0.25) is 0 Å². The van der Waals surface area contributed by atoms with Gasteiger partial charge in [-0.1, -0.05) is 119 Å². The minimum Gasteiger partial charge on any atom is -0.152 e. The molecule has 198 valence electrons. The maximum absolute atomic E-state index is 2.25. The van der Waals surface area contributed by atoms with Crippen molar-refractivity contribution in [3.63, 3.8) is 0 Å². The van der Waals surface area contributed by atoms with Gasteiger partial charge in [0.2, 0.25) is 0 Å². The lowest BCUT2D eigenvalue weighted by molar-refractivity contribution is 1.14. The van der Waals surface area contributed by atoms with Crippen LogP contribution >= 0.6 is 68.6 Å². The third-order valence-electron chi connectivity index (χ3n) is 5.61.